The molecule has 0 radical (unpaired) electrons. The highest BCUT2D eigenvalue weighted by molar-refractivity contribution is 6.09. The number of rotatable bonds is 3. The quantitative estimate of drug-likeness (QED) is 0.780. The van der Waals surface area contributed by atoms with E-state index >= 15 is 0 Å². The van der Waals surface area contributed by atoms with Crippen LogP contribution in [0, 0.1) is 12.7 Å². The minimum atomic E-state index is -0.495. The Hall–Kier alpha value is -2.23. The van der Waals surface area contributed by atoms with Crippen LogP contribution in [-0.2, 0) is 0 Å². The summed E-state index contributed by atoms with van der Waals surface area (Å²) < 4.78 is 18.8. The van der Waals surface area contributed by atoms with Crippen LogP contribution in [0.2, 0.25) is 0 Å². The van der Waals surface area contributed by atoms with Gasteiger partial charge in [0, 0.05) is 11.8 Å². The first-order valence-electron chi connectivity index (χ1n) is 5.42. The summed E-state index contributed by atoms with van der Waals surface area (Å²) in [6, 6.07) is 6.27. The molecule has 0 N–H and O–H groups in total. The molecule has 0 saturated heterocycles. The van der Waals surface area contributed by atoms with Crippen molar-refractivity contribution < 1.29 is 13.9 Å². The summed E-state index contributed by atoms with van der Waals surface area (Å²) in [6.45, 7) is 1.62. The van der Waals surface area contributed by atoms with Crippen LogP contribution in [-0.4, -0.2) is 17.9 Å². The molecule has 1 heterocycles. The molecule has 18 heavy (non-hydrogen) atoms. The molecule has 0 bridgehead atoms. The van der Waals surface area contributed by atoms with Crippen LogP contribution < -0.4 is 4.74 Å². The summed E-state index contributed by atoms with van der Waals surface area (Å²) in [5.41, 5.74) is 0.792. The second kappa shape index (κ2) is 4.96. The average molecular weight is 245 g/mol. The Bertz CT molecular complexity index is 596. The monoisotopic (exact) mass is 245 g/mol. The number of ketones is 1. The maximum Gasteiger partial charge on any atom is 0.197 e. The minimum Gasteiger partial charge on any atom is -0.495 e. The van der Waals surface area contributed by atoms with Crippen LogP contribution in [0.25, 0.3) is 0 Å². The molecule has 0 atom stereocenters. The molecule has 3 nitrogen and oxygen atoms in total. The van der Waals surface area contributed by atoms with E-state index in [9.17, 15) is 9.18 Å². The first-order valence-corrected chi connectivity index (χ1v) is 5.42. The molecule has 0 aliphatic heterocycles. The Morgan fingerprint density at radius 2 is 2.11 bits per heavy atom. The zero-order valence-corrected chi connectivity index (χ0v) is 10.1. The van der Waals surface area contributed by atoms with E-state index in [0.29, 0.717) is 16.9 Å². The van der Waals surface area contributed by atoms with Crippen LogP contribution in [0.1, 0.15) is 21.5 Å². The van der Waals surface area contributed by atoms with Crippen molar-refractivity contribution in [2.45, 2.75) is 6.92 Å². The molecule has 0 spiro atoms. The average Bonchev–Trinajstić information content (AvgIpc) is 2.41. The van der Waals surface area contributed by atoms with Gasteiger partial charge in [-0.25, -0.2) is 4.39 Å². The number of aromatic nitrogens is 1. The van der Waals surface area contributed by atoms with E-state index in [-0.39, 0.29) is 5.56 Å². The van der Waals surface area contributed by atoms with E-state index in [1.54, 1.807) is 19.1 Å². The first kappa shape index (κ1) is 12.2. The summed E-state index contributed by atoms with van der Waals surface area (Å²) in [6.07, 6.45) is 2.88. The summed E-state index contributed by atoms with van der Waals surface area (Å²) >= 11 is 0. The van der Waals surface area contributed by atoms with Gasteiger partial charge < -0.3 is 4.74 Å². The molecule has 0 fully saturated rings. The second-order valence-corrected chi connectivity index (χ2v) is 3.88. The Morgan fingerprint density at radius 1 is 1.33 bits per heavy atom. The van der Waals surface area contributed by atoms with Gasteiger partial charge in [-0.2, -0.15) is 0 Å². The molecule has 1 aromatic heterocycles. The van der Waals surface area contributed by atoms with Crippen LogP contribution in [0.4, 0.5) is 4.39 Å². The third kappa shape index (κ3) is 2.22. The zero-order chi connectivity index (χ0) is 13.1. The molecule has 0 aliphatic carbocycles. The number of hydrogen-bond acceptors (Lipinski definition) is 3. The maximum absolute atomic E-state index is 13.8. The fraction of sp³-hybridized carbons (Fsp3) is 0.143. The lowest BCUT2D eigenvalue weighted by molar-refractivity contribution is 0.103. The highest BCUT2D eigenvalue weighted by Crippen LogP contribution is 2.18. The van der Waals surface area contributed by atoms with Crippen molar-refractivity contribution in [3.05, 3.63) is 59.2 Å². The van der Waals surface area contributed by atoms with E-state index in [0.717, 1.165) is 0 Å². The van der Waals surface area contributed by atoms with Gasteiger partial charge in [-0.15, -0.1) is 0 Å². The van der Waals surface area contributed by atoms with E-state index in [2.05, 4.69) is 4.98 Å². The van der Waals surface area contributed by atoms with Gasteiger partial charge in [0.05, 0.1) is 18.9 Å². The molecule has 4 heteroatoms. The fourth-order valence-electron chi connectivity index (χ4n) is 1.63. The van der Waals surface area contributed by atoms with Crippen molar-refractivity contribution in [2.24, 2.45) is 0 Å². The topological polar surface area (TPSA) is 39.2 Å². The third-order valence-electron chi connectivity index (χ3n) is 2.65. The highest BCUT2D eigenvalue weighted by atomic mass is 19.1. The smallest absolute Gasteiger partial charge is 0.197 e. The molecular formula is C14H12FNO2. The highest BCUT2D eigenvalue weighted by Gasteiger charge is 2.15. The SMILES string of the molecule is COc1cncc(C(=O)c2cccc(C)c2F)c1. The van der Waals surface area contributed by atoms with Gasteiger partial charge in [0.1, 0.15) is 11.6 Å². The number of aryl methyl sites for hydroxylation is 1. The number of carbonyl (C=O) groups excluding carboxylic acids is 1. The summed E-state index contributed by atoms with van der Waals surface area (Å²) in [5, 5.41) is 0. The van der Waals surface area contributed by atoms with Gasteiger partial charge in [0.2, 0.25) is 0 Å². The standard InChI is InChI=1S/C14H12FNO2/c1-9-4-3-5-12(13(9)15)14(17)10-6-11(18-2)8-16-7-10/h3-8H,1-2H3. The number of nitrogens with zero attached hydrogens (tertiary/aromatic N) is 1. The van der Waals surface area contributed by atoms with Crippen molar-refractivity contribution in [2.75, 3.05) is 7.11 Å². The third-order valence-corrected chi connectivity index (χ3v) is 2.65. The van der Waals surface area contributed by atoms with E-state index in [1.165, 1.54) is 31.6 Å². The van der Waals surface area contributed by atoms with E-state index in [4.69, 9.17) is 4.74 Å². The van der Waals surface area contributed by atoms with Crippen molar-refractivity contribution in [1.29, 1.82) is 0 Å². The predicted octanol–water partition coefficient (Wildman–Crippen LogP) is 2.77. The Balaban J connectivity index is 2.44. The molecular weight excluding hydrogens is 233 g/mol. The van der Waals surface area contributed by atoms with Gasteiger partial charge in [0.15, 0.2) is 5.78 Å². The molecule has 2 aromatic rings. The second-order valence-electron chi connectivity index (χ2n) is 3.88. The molecule has 92 valence electrons. The summed E-state index contributed by atoms with van der Waals surface area (Å²) in [7, 11) is 1.48. The largest absolute Gasteiger partial charge is 0.495 e. The van der Waals surface area contributed by atoms with Crippen LogP contribution in [0.15, 0.2) is 36.7 Å². The van der Waals surface area contributed by atoms with E-state index < -0.39 is 11.6 Å². The van der Waals surface area contributed by atoms with Crippen molar-refractivity contribution in [1.82, 2.24) is 4.98 Å². The lowest BCUT2D eigenvalue weighted by atomic mass is 10.0. The molecule has 0 unspecified atom stereocenters. The van der Waals surface area contributed by atoms with Crippen molar-refractivity contribution >= 4 is 5.78 Å². The normalized spacial score (nSPS) is 10.2. The Kier molecular flexibility index (Phi) is 3.37. The minimum absolute atomic E-state index is 0.0463. The number of halogens is 1. The number of carbonyl (C=O) groups is 1. The molecule has 1 aromatic carbocycles. The van der Waals surface area contributed by atoms with Gasteiger partial charge in [-0.1, -0.05) is 12.1 Å². The zero-order valence-electron chi connectivity index (χ0n) is 10.1. The molecule has 0 aliphatic rings. The first-order chi connectivity index (χ1) is 8.63. The fourth-order valence-corrected chi connectivity index (χ4v) is 1.63. The number of methoxy groups -OCH3 is 1. The van der Waals surface area contributed by atoms with Gasteiger partial charge >= 0.3 is 0 Å². The number of ether oxygens (including phenoxy) is 1. The van der Waals surface area contributed by atoms with Gasteiger partial charge in [-0.05, 0) is 24.6 Å². The lowest BCUT2D eigenvalue weighted by Crippen LogP contribution is -2.06. The van der Waals surface area contributed by atoms with Crippen LogP contribution in [0.3, 0.4) is 0 Å². The van der Waals surface area contributed by atoms with Gasteiger partial charge in [0.25, 0.3) is 0 Å². The van der Waals surface area contributed by atoms with Crippen molar-refractivity contribution in [3.63, 3.8) is 0 Å². The Morgan fingerprint density at radius 3 is 2.83 bits per heavy atom. The lowest BCUT2D eigenvalue weighted by Gasteiger charge is -2.05. The summed E-state index contributed by atoms with van der Waals surface area (Å²) in [4.78, 5) is 16.0. The van der Waals surface area contributed by atoms with Crippen LogP contribution in [0.5, 0.6) is 5.75 Å². The number of hydrogen-bond donors (Lipinski definition) is 0. The molecule has 0 saturated carbocycles. The predicted molar refractivity (Wildman–Crippen MR) is 65.4 cm³/mol. The van der Waals surface area contributed by atoms with Crippen molar-refractivity contribution in [3.8, 4) is 5.75 Å². The number of benzene rings is 1. The maximum atomic E-state index is 13.8. The molecule has 2 rings (SSSR count). The van der Waals surface area contributed by atoms with Crippen LogP contribution >= 0.6 is 0 Å². The van der Waals surface area contributed by atoms with Gasteiger partial charge in [-0.3, -0.25) is 9.78 Å². The molecule has 0 amide bonds. The van der Waals surface area contributed by atoms with E-state index in [1.807, 2.05) is 0 Å². The Labute approximate surface area is 104 Å². The number of pyridine rings is 1. The summed E-state index contributed by atoms with van der Waals surface area (Å²) in [5.74, 6) is -0.429.